The van der Waals surface area contributed by atoms with Crippen LogP contribution in [-0.4, -0.2) is 28.0 Å². The second-order valence-electron chi connectivity index (χ2n) is 6.15. The number of aromatic nitrogens is 2. The zero-order chi connectivity index (χ0) is 14.8. The number of nitrogens with zero attached hydrogens (tertiary/aromatic N) is 2. The van der Waals surface area contributed by atoms with Crippen LogP contribution in [0.2, 0.25) is 0 Å². The number of likely N-dealkylation sites (tertiary alicyclic amines) is 1. The van der Waals surface area contributed by atoms with E-state index in [2.05, 4.69) is 21.8 Å². The molecular formula is C17H22FN3. The van der Waals surface area contributed by atoms with Gasteiger partial charge in [0.25, 0.3) is 0 Å². The Kier molecular flexibility index (Phi) is 4.06. The van der Waals surface area contributed by atoms with Crippen molar-refractivity contribution >= 4 is 0 Å². The molecule has 2 aromatic rings. The number of halogens is 1. The number of benzene rings is 1. The molecule has 21 heavy (non-hydrogen) atoms. The molecule has 0 aliphatic carbocycles. The van der Waals surface area contributed by atoms with Crippen LogP contribution in [0.15, 0.2) is 24.5 Å². The third kappa shape index (κ3) is 3.32. The highest BCUT2D eigenvalue weighted by molar-refractivity contribution is 5.24. The Morgan fingerprint density at radius 1 is 1.38 bits per heavy atom. The standard InChI is InChI=1S/C17H22FN3/c1-12-7-14(3-4-16(12)18)8-15-5-6-21(9-15)10-17-13(2)19-11-20-17/h3-4,7,11,15H,5-6,8-10H2,1-2H3,(H,19,20). The second-order valence-corrected chi connectivity index (χ2v) is 6.15. The summed E-state index contributed by atoms with van der Waals surface area (Å²) in [4.78, 5) is 9.97. The number of rotatable bonds is 4. The first-order valence-corrected chi connectivity index (χ1v) is 7.58. The Labute approximate surface area is 125 Å². The molecular weight excluding hydrogens is 265 g/mol. The zero-order valence-electron chi connectivity index (χ0n) is 12.7. The summed E-state index contributed by atoms with van der Waals surface area (Å²) in [5.41, 5.74) is 4.30. The lowest BCUT2D eigenvalue weighted by atomic mass is 9.97. The highest BCUT2D eigenvalue weighted by atomic mass is 19.1. The molecule has 1 aromatic heterocycles. The van der Waals surface area contributed by atoms with E-state index in [4.69, 9.17) is 0 Å². The van der Waals surface area contributed by atoms with E-state index in [0.29, 0.717) is 5.92 Å². The van der Waals surface area contributed by atoms with Crippen molar-refractivity contribution in [2.24, 2.45) is 5.92 Å². The predicted octanol–water partition coefficient (Wildman–Crippen LogP) is 3.23. The third-order valence-corrected chi connectivity index (χ3v) is 4.42. The minimum Gasteiger partial charge on any atom is -0.348 e. The first kappa shape index (κ1) is 14.3. The minimum absolute atomic E-state index is 0.110. The molecule has 1 aliphatic rings. The molecule has 1 N–H and O–H groups in total. The molecule has 1 unspecified atom stereocenters. The lowest BCUT2D eigenvalue weighted by Crippen LogP contribution is -2.21. The molecule has 112 valence electrons. The molecule has 4 heteroatoms. The fourth-order valence-corrected chi connectivity index (χ4v) is 3.15. The van der Waals surface area contributed by atoms with Gasteiger partial charge in [-0.25, -0.2) is 9.37 Å². The van der Waals surface area contributed by atoms with Gasteiger partial charge in [-0.15, -0.1) is 0 Å². The van der Waals surface area contributed by atoms with E-state index in [1.165, 1.54) is 12.0 Å². The molecule has 3 rings (SSSR count). The molecule has 1 aliphatic heterocycles. The van der Waals surface area contributed by atoms with Crippen molar-refractivity contribution in [2.45, 2.75) is 33.2 Å². The van der Waals surface area contributed by atoms with Crippen LogP contribution in [0.3, 0.4) is 0 Å². The molecule has 0 spiro atoms. The van der Waals surface area contributed by atoms with Crippen molar-refractivity contribution in [3.63, 3.8) is 0 Å². The number of aryl methyl sites for hydroxylation is 2. The van der Waals surface area contributed by atoms with E-state index in [1.807, 2.05) is 19.1 Å². The van der Waals surface area contributed by atoms with Gasteiger partial charge in [-0.05, 0) is 56.3 Å². The Hall–Kier alpha value is -1.68. The van der Waals surface area contributed by atoms with Crippen LogP contribution in [-0.2, 0) is 13.0 Å². The second kappa shape index (κ2) is 5.98. The van der Waals surface area contributed by atoms with Gasteiger partial charge in [-0.1, -0.05) is 12.1 Å². The van der Waals surface area contributed by atoms with E-state index in [-0.39, 0.29) is 5.82 Å². The SMILES string of the molecule is Cc1cc(CC2CCN(Cc3nc[nH]c3C)C2)ccc1F. The maximum Gasteiger partial charge on any atom is 0.126 e. The van der Waals surface area contributed by atoms with Gasteiger partial charge in [-0.3, -0.25) is 4.90 Å². The molecule has 2 heterocycles. The summed E-state index contributed by atoms with van der Waals surface area (Å²) in [5.74, 6) is 0.551. The van der Waals surface area contributed by atoms with E-state index < -0.39 is 0 Å². The molecule has 1 aromatic carbocycles. The molecule has 0 saturated carbocycles. The van der Waals surface area contributed by atoms with Gasteiger partial charge in [0.1, 0.15) is 5.82 Å². The van der Waals surface area contributed by atoms with Crippen LogP contribution in [0.25, 0.3) is 0 Å². The van der Waals surface area contributed by atoms with E-state index in [0.717, 1.165) is 43.0 Å². The Morgan fingerprint density at radius 2 is 2.24 bits per heavy atom. The predicted molar refractivity (Wildman–Crippen MR) is 81.5 cm³/mol. The molecule has 3 nitrogen and oxygen atoms in total. The van der Waals surface area contributed by atoms with Crippen molar-refractivity contribution in [1.82, 2.24) is 14.9 Å². The van der Waals surface area contributed by atoms with Gasteiger partial charge in [0, 0.05) is 18.8 Å². The highest BCUT2D eigenvalue weighted by Crippen LogP contribution is 2.23. The first-order chi connectivity index (χ1) is 10.1. The van der Waals surface area contributed by atoms with Crippen molar-refractivity contribution in [1.29, 1.82) is 0 Å². The summed E-state index contributed by atoms with van der Waals surface area (Å²) < 4.78 is 13.3. The van der Waals surface area contributed by atoms with Crippen LogP contribution >= 0.6 is 0 Å². The van der Waals surface area contributed by atoms with Crippen molar-refractivity contribution in [2.75, 3.05) is 13.1 Å². The summed E-state index contributed by atoms with van der Waals surface area (Å²) >= 11 is 0. The van der Waals surface area contributed by atoms with Crippen LogP contribution in [0.4, 0.5) is 4.39 Å². The average Bonchev–Trinajstić information content (AvgIpc) is 3.05. The monoisotopic (exact) mass is 287 g/mol. The van der Waals surface area contributed by atoms with Gasteiger partial charge in [0.15, 0.2) is 0 Å². The number of hydrogen-bond acceptors (Lipinski definition) is 2. The number of nitrogens with one attached hydrogen (secondary N) is 1. The summed E-state index contributed by atoms with van der Waals surface area (Å²) in [6.07, 6.45) is 4.01. The number of aromatic amines is 1. The minimum atomic E-state index is -0.110. The van der Waals surface area contributed by atoms with Crippen LogP contribution in [0.5, 0.6) is 0 Å². The molecule has 0 amide bonds. The lowest BCUT2D eigenvalue weighted by Gasteiger charge is -2.15. The van der Waals surface area contributed by atoms with Crippen molar-refractivity contribution < 1.29 is 4.39 Å². The van der Waals surface area contributed by atoms with Crippen LogP contribution < -0.4 is 0 Å². The lowest BCUT2D eigenvalue weighted by molar-refractivity contribution is 0.312. The van der Waals surface area contributed by atoms with Gasteiger partial charge < -0.3 is 4.98 Å². The highest BCUT2D eigenvalue weighted by Gasteiger charge is 2.23. The number of H-pyrrole nitrogens is 1. The maximum atomic E-state index is 13.3. The molecule has 1 atom stereocenters. The number of imidazole rings is 1. The molecule has 1 fully saturated rings. The molecule has 0 bridgehead atoms. The van der Waals surface area contributed by atoms with Crippen molar-refractivity contribution in [3.8, 4) is 0 Å². The van der Waals surface area contributed by atoms with Crippen LogP contribution in [0.1, 0.15) is 28.9 Å². The topological polar surface area (TPSA) is 31.9 Å². The number of hydrogen-bond donors (Lipinski definition) is 1. The Morgan fingerprint density at radius 3 is 2.95 bits per heavy atom. The van der Waals surface area contributed by atoms with Crippen molar-refractivity contribution in [3.05, 3.63) is 52.9 Å². The summed E-state index contributed by atoms with van der Waals surface area (Å²) in [5, 5.41) is 0. The summed E-state index contributed by atoms with van der Waals surface area (Å²) in [6.45, 7) is 7.05. The molecule has 0 radical (unpaired) electrons. The Balaban J connectivity index is 1.57. The fraction of sp³-hybridized carbons (Fsp3) is 0.471. The van der Waals surface area contributed by atoms with E-state index >= 15 is 0 Å². The quantitative estimate of drug-likeness (QED) is 0.936. The summed E-state index contributed by atoms with van der Waals surface area (Å²) in [7, 11) is 0. The van der Waals surface area contributed by atoms with Gasteiger partial charge in [-0.2, -0.15) is 0 Å². The van der Waals surface area contributed by atoms with Crippen LogP contribution in [0, 0.1) is 25.6 Å². The van der Waals surface area contributed by atoms with Gasteiger partial charge in [0.05, 0.1) is 12.0 Å². The fourth-order valence-electron chi connectivity index (χ4n) is 3.15. The van der Waals surface area contributed by atoms with Gasteiger partial charge >= 0.3 is 0 Å². The normalized spacial score (nSPS) is 19.3. The maximum absolute atomic E-state index is 13.3. The van der Waals surface area contributed by atoms with E-state index in [9.17, 15) is 4.39 Å². The first-order valence-electron chi connectivity index (χ1n) is 7.58. The summed E-state index contributed by atoms with van der Waals surface area (Å²) in [6, 6.07) is 5.49. The molecule has 1 saturated heterocycles. The smallest absolute Gasteiger partial charge is 0.126 e. The third-order valence-electron chi connectivity index (χ3n) is 4.42. The zero-order valence-corrected chi connectivity index (χ0v) is 12.7. The average molecular weight is 287 g/mol. The Bertz CT molecular complexity index is 620. The van der Waals surface area contributed by atoms with Gasteiger partial charge in [0.2, 0.25) is 0 Å². The van der Waals surface area contributed by atoms with E-state index in [1.54, 1.807) is 12.4 Å². The largest absolute Gasteiger partial charge is 0.348 e.